The number of morpholine rings is 1. The van der Waals surface area contributed by atoms with E-state index in [9.17, 15) is 13.6 Å². The second-order valence-corrected chi connectivity index (χ2v) is 5.58. The third-order valence-electron chi connectivity index (χ3n) is 3.95. The predicted molar refractivity (Wildman–Crippen MR) is 87.0 cm³/mol. The van der Waals surface area contributed by atoms with Gasteiger partial charge >= 0.3 is 0 Å². The summed E-state index contributed by atoms with van der Waals surface area (Å²) in [5.74, 6) is -2.44. The van der Waals surface area contributed by atoms with E-state index in [4.69, 9.17) is 4.74 Å². The first-order chi connectivity index (χ1) is 11.6. The smallest absolute Gasteiger partial charge is 0.251 e. The normalized spacial score (nSPS) is 14.5. The van der Waals surface area contributed by atoms with Crippen LogP contribution in [0.4, 0.5) is 14.5 Å². The van der Waals surface area contributed by atoms with Crippen LogP contribution in [0.25, 0.3) is 0 Å². The molecule has 0 spiro atoms. The van der Waals surface area contributed by atoms with Crippen LogP contribution in [0, 0.1) is 11.6 Å². The second kappa shape index (κ2) is 7.40. The number of hydrogen-bond acceptors (Lipinski definition) is 3. The van der Waals surface area contributed by atoms with Gasteiger partial charge in [-0.3, -0.25) is 4.79 Å². The molecule has 1 N–H and O–H groups in total. The molecule has 126 valence electrons. The van der Waals surface area contributed by atoms with E-state index in [1.54, 1.807) is 0 Å². The Morgan fingerprint density at radius 2 is 1.75 bits per heavy atom. The molecular weight excluding hydrogens is 314 g/mol. The number of hydrogen-bond donors (Lipinski definition) is 1. The zero-order chi connectivity index (χ0) is 16.9. The summed E-state index contributed by atoms with van der Waals surface area (Å²) in [6.45, 7) is 3.51. The van der Waals surface area contributed by atoms with Crippen LogP contribution >= 0.6 is 0 Å². The zero-order valence-electron chi connectivity index (χ0n) is 13.1. The highest BCUT2D eigenvalue weighted by Gasteiger charge is 2.12. The fraction of sp³-hybridized carbons (Fsp3) is 0.278. The molecule has 1 amide bonds. The third kappa shape index (κ3) is 3.89. The molecule has 1 saturated heterocycles. The number of carbonyl (C=O) groups is 1. The molecule has 1 aliphatic heterocycles. The highest BCUT2D eigenvalue weighted by Crippen LogP contribution is 2.16. The molecule has 0 atom stereocenters. The molecule has 0 saturated carbocycles. The lowest BCUT2D eigenvalue weighted by molar-refractivity contribution is 0.0950. The minimum atomic E-state index is -1.03. The largest absolute Gasteiger partial charge is 0.378 e. The van der Waals surface area contributed by atoms with Crippen molar-refractivity contribution in [3.05, 3.63) is 65.2 Å². The van der Waals surface area contributed by atoms with Gasteiger partial charge in [-0.15, -0.1) is 0 Å². The molecule has 1 aliphatic rings. The minimum Gasteiger partial charge on any atom is -0.378 e. The molecule has 1 fully saturated rings. The number of carbonyl (C=O) groups excluding carboxylic acids is 1. The van der Waals surface area contributed by atoms with Crippen molar-refractivity contribution in [1.29, 1.82) is 0 Å². The number of nitrogens with zero attached hydrogens (tertiary/aromatic N) is 1. The molecule has 1 heterocycles. The number of amides is 1. The van der Waals surface area contributed by atoms with E-state index in [2.05, 4.69) is 10.2 Å². The van der Waals surface area contributed by atoms with E-state index in [1.165, 1.54) is 6.07 Å². The van der Waals surface area contributed by atoms with E-state index in [1.807, 2.05) is 24.3 Å². The summed E-state index contributed by atoms with van der Waals surface area (Å²) < 4.78 is 31.4. The quantitative estimate of drug-likeness (QED) is 0.936. The van der Waals surface area contributed by atoms with Crippen LogP contribution in [0.3, 0.4) is 0 Å². The van der Waals surface area contributed by atoms with Crippen LogP contribution < -0.4 is 10.2 Å². The topological polar surface area (TPSA) is 41.6 Å². The van der Waals surface area contributed by atoms with Crippen LogP contribution in [-0.4, -0.2) is 32.2 Å². The lowest BCUT2D eigenvalue weighted by Crippen LogP contribution is -2.36. The maximum atomic E-state index is 13.2. The number of rotatable bonds is 4. The molecule has 0 aliphatic carbocycles. The Morgan fingerprint density at radius 1 is 1.04 bits per heavy atom. The number of benzene rings is 2. The van der Waals surface area contributed by atoms with Crippen LogP contribution in [0.5, 0.6) is 0 Å². The van der Waals surface area contributed by atoms with Gasteiger partial charge in [0.1, 0.15) is 0 Å². The first-order valence-electron chi connectivity index (χ1n) is 7.78. The Hall–Kier alpha value is -2.47. The Balaban J connectivity index is 1.57. The number of nitrogens with one attached hydrogen (secondary N) is 1. The van der Waals surface area contributed by atoms with Crippen LogP contribution in [0.1, 0.15) is 15.9 Å². The van der Waals surface area contributed by atoms with Gasteiger partial charge < -0.3 is 15.0 Å². The summed E-state index contributed by atoms with van der Waals surface area (Å²) in [5, 5.41) is 2.70. The summed E-state index contributed by atoms with van der Waals surface area (Å²) in [5.41, 5.74) is 2.15. The van der Waals surface area contributed by atoms with Gasteiger partial charge in [0, 0.05) is 30.9 Å². The Labute approximate surface area is 139 Å². The Morgan fingerprint density at radius 3 is 2.42 bits per heavy atom. The average Bonchev–Trinajstić information content (AvgIpc) is 2.63. The molecule has 2 aromatic rings. The Bertz CT molecular complexity index is 713. The van der Waals surface area contributed by atoms with Gasteiger partial charge in [-0.2, -0.15) is 0 Å². The molecular formula is C18H18F2N2O2. The molecule has 0 radical (unpaired) electrons. The maximum absolute atomic E-state index is 13.2. The molecule has 0 aromatic heterocycles. The van der Waals surface area contributed by atoms with Gasteiger partial charge in [-0.25, -0.2) is 8.78 Å². The molecule has 2 aromatic carbocycles. The van der Waals surface area contributed by atoms with Gasteiger partial charge in [0.05, 0.1) is 13.2 Å². The van der Waals surface area contributed by atoms with Gasteiger partial charge in [0.25, 0.3) is 5.91 Å². The number of anilines is 1. The van der Waals surface area contributed by atoms with Gasteiger partial charge in [-0.05, 0) is 35.9 Å². The minimum absolute atomic E-state index is 0.0961. The van der Waals surface area contributed by atoms with Crippen molar-refractivity contribution in [2.75, 3.05) is 31.2 Å². The summed E-state index contributed by atoms with van der Waals surface area (Å²) in [6, 6.07) is 11.0. The molecule has 3 rings (SSSR count). The maximum Gasteiger partial charge on any atom is 0.251 e. The zero-order valence-corrected chi connectivity index (χ0v) is 13.1. The average molecular weight is 332 g/mol. The first-order valence-corrected chi connectivity index (χ1v) is 7.78. The van der Waals surface area contributed by atoms with E-state index in [0.29, 0.717) is 6.54 Å². The molecule has 24 heavy (non-hydrogen) atoms. The van der Waals surface area contributed by atoms with E-state index < -0.39 is 17.5 Å². The monoisotopic (exact) mass is 332 g/mol. The van der Waals surface area contributed by atoms with E-state index >= 15 is 0 Å². The predicted octanol–water partition coefficient (Wildman–Crippen LogP) is 2.73. The van der Waals surface area contributed by atoms with Crippen LogP contribution in [0.2, 0.25) is 0 Å². The Kier molecular flexibility index (Phi) is 5.05. The van der Waals surface area contributed by atoms with E-state index in [-0.39, 0.29) is 5.56 Å². The van der Waals surface area contributed by atoms with Crippen molar-refractivity contribution >= 4 is 11.6 Å². The fourth-order valence-corrected chi connectivity index (χ4v) is 2.57. The summed E-state index contributed by atoms with van der Waals surface area (Å²) in [6.07, 6.45) is 0. The van der Waals surface area contributed by atoms with Crippen molar-refractivity contribution < 1.29 is 18.3 Å². The molecule has 0 bridgehead atoms. The van der Waals surface area contributed by atoms with Gasteiger partial charge in [-0.1, -0.05) is 12.1 Å². The van der Waals surface area contributed by atoms with Crippen LogP contribution in [0.15, 0.2) is 42.5 Å². The van der Waals surface area contributed by atoms with E-state index in [0.717, 1.165) is 49.7 Å². The molecule has 6 heteroatoms. The summed E-state index contributed by atoms with van der Waals surface area (Å²) >= 11 is 0. The van der Waals surface area contributed by atoms with Crippen molar-refractivity contribution in [3.63, 3.8) is 0 Å². The SMILES string of the molecule is O=C(NCc1ccc(N2CCOCC2)cc1)c1ccc(F)c(F)c1. The second-order valence-electron chi connectivity index (χ2n) is 5.58. The van der Waals surface area contributed by atoms with Gasteiger partial charge in [0.15, 0.2) is 11.6 Å². The summed E-state index contributed by atoms with van der Waals surface area (Å²) in [4.78, 5) is 14.2. The first kappa shape index (κ1) is 16.4. The highest BCUT2D eigenvalue weighted by molar-refractivity contribution is 5.94. The van der Waals surface area contributed by atoms with Crippen molar-refractivity contribution in [3.8, 4) is 0 Å². The van der Waals surface area contributed by atoms with Crippen molar-refractivity contribution in [2.24, 2.45) is 0 Å². The third-order valence-corrected chi connectivity index (χ3v) is 3.95. The lowest BCUT2D eigenvalue weighted by Gasteiger charge is -2.28. The van der Waals surface area contributed by atoms with Crippen LogP contribution in [-0.2, 0) is 11.3 Å². The lowest BCUT2D eigenvalue weighted by atomic mass is 10.1. The summed E-state index contributed by atoms with van der Waals surface area (Å²) in [7, 11) is 0. The standard InChI is InChI=1S/C18H18F2N2O2/c19-16-6-3-14(11-17(16)20)18(23)21-12-13-1-4-15(5-2-13)22-7-9-24-10-8-22/h1-6,11H,7-10,12H2,(H,21,23). The molecule has 4 nitrogen and oxygen atoms in total. The van der Waals surface area contributed by atoms with Crippen molar-refractivity contribution in [2.45, 2.75) is 6.54 Å². The van der Waals surface area contributed by atoms with Crippen molar-refractivity contribution in [1.82, 2.24) is 5.32 Å². The molecule has 0 unspecified atom stereocenters. The van der Waals surface area contributed by atoms with Gasteiger partial charge in [0.2, 0.25) is 0 Å². The highest BCUT2D eigenvalue weighted by atomic mass is 19.2. The number of halogens is 2. The number of ether oxygens (including phenoxy) is 1. The fourth-order valence-electron chi connectivity index (χ4n) is 2.57.